The van der Waals surface area contributed by atoms with Crippen LogP contribution in [0.1, 0.15) is 6.42 Å². The summed E-state index contributed by atoms with van der Waals surface area (Å²) >= 11 is 0. The van der Waals surface area contributed by atoms with E-state index in [0.29, 0.717) is 6.42 Å². The average Bonchev–Trinajstić information content (AvgIpc) is 2.14. The lowest BCUT2D eigenvalue weighted by atomic mass is 10.2. The van der Waals surface area contributed by atoms with Gasteiger partial charge in [0.25, 0.3) is 0 Å². The lowest BCUT2D eigenvalue weighted by Crippen LogP contribution is -2.33. The molecule has 80 valence electrons. The summed E-state index contributed by atoms with van der Waals surface area (Å²) in [5.41, 5.74) is 13.5. The Balaban J connectivity index is 4.06. The number of hydrogen-bond acceptors (Lipinski definition) is 5. The minimum Gasteiger partial charge on any atom is -0.480 e. The summed E-state index contributed by atoms with van der Waals surface area (Å²) in [5, 5.41) is 11.9. The van der Waals surface area contributed by atoms with E-state index in [4.69, 9.17) is 16.4 Å². The van der Waals surface area contributed by atoms with Gasteiger partial charge in [-0.05, 0) is 18.2 Å². The maximum absolute atomic E-state index is 10.5. The molecular formula is C6H12N4O2S2. The molecule has 1 unspecified atom stereocenters. The van der Waals surface area contributed by atoms with Gasteiger partial charge in [-0.15, -0.1) is 0 Å². The molecule has 0 amide bonds. The fourth-order valence-corrected chi connectivity index (χ4v) is 2.71. The van der Waals surface area contributed by atoms with Crippen molar-refractivity contribution in [2.24, 2.45) is 10.8 Å². The van der Waals surface area contributed by atoms with Gasteiger partial charge >= 0.3 is 5.97 Å². The van der Waals surface area contributed by atoms with Gasteiger partial charge in [-0.2, -0.15) is 0 Å². The third kappa shape index (κ3) is 5.98. The van der Waals surface area contributed by atoms with Gasteiger partial charge in [-0.3, -0.25) is 4.79 Å². The Morgan fingerprint density at radius 3 is 2.86 bits per heavy atom. The molecule has 0 aliphatic carbocycles. The highest BCUT2D eigenvalue weighted by molar-refractivity contribution is 8.76. The highest BCUT2D eigenvalue weighted by Gasteiger charge is 2.18. The Morgan fingerprint density at radius 2 is 2.43 bits per heavy atom. The first-order valence-electron chi connectivity index (χ1n) is 3.80. The van der Waals surface area contributed by atoms with Crippen molar-refractivity contribution in [3.05, 3.63) is 10.4 Å². The van der Waals surface area contributed by atoms with Gasteiger partial charge in [0.15, 0.2) is 0 Å². The minimum atomic E-state index is -1.03. The standard InChI is InChI=1S/C6H12N4O2S2/c1-13-14-4(3-9-10-8)2-5(7)6(11)12/h4-5H,2-3,7H2,1H3,(H,11,12)/t4-,5?/m0/s1. The summed E-state index contributed by atoms with van der Waals surface area (Å²) in [7, 11) is 2.97. The molecule has 0 heterocycles. The molecule has 6 nitrogen and oxygen atoms in total. The number of hydrogen-bond donors (Lipinski definition) is 2. The van der Waals surface area contributed by atoms with Gasteiger partial charge in [0, 0.05) is 16.7 Å². The van der Waals surface area contributed by atoms with Crippen molar-refractivity contribution in [3.8, 4) is 0 Å². The second-order valence-corrected chi connectivity index (χ2v) is 5.25. The molecule has 3 N–H and O–H groups in total. The van der Waals surface area contributed by atoms with Gasteiger partial charge < -0.3 is 10.8 Å². The number of carboxylic acids is 1. The van der Waals surface area contributed by atoms with Gasteiger partial charge in [-0.1, -0.05) is 26.7 Å². The van der Waals surface area contributed by atoms with E-state index in [9.17, 15) is 4.79 Å². The van der Waals surface area contributed by atoms with Crippen LogP contribution in [0.4, 0.5) is 0 Å². The first-order valence-corrected chi connectivity index (χ1v) is 6.42. The Morgan fingerprint density at radius 1 is 1.79 bits per heavy atom. The molecular weight excluding hydrogens is 224 g/mol. The van der Waals surface area contributed by atoms with E-state index in [1.54, 1.807) is 0 Å². The summed E-state index contributed by atoms with van der Waals surface area (Å²) in [5.74, 6) is -1.03. The first kappa shape index (κ1) is 13.4. The third-order valence-corrected chi connectivity index (χ3v) is 3.61. The van der Waals surface area contributed by atoms with Crippen molar-refractivity contribution in [1.29, 1.82) is 0 Å². The van der Waals surface area contributed by atoms with Crippen molar-refractivity contribution in [2.75, 3.05) is 12.8 Å². The highest BCUT2D eigenvalue weighted by Crippen LogP contribution is 2.27. The van der Waals surface area contributed by atoms with Crippen molar-refractivity contribution in [1.82, 2.24) is 0 Å². The van der Waals surface area contributed by atoms with Gasteiger partial charge in [0.2, 0.25) is 0 Å². The molecule has 0 saturated heterocycles. The van der Waals surface area contributed by atoms with Gasteiger partial charge in [-0.25, -0.2) is 0 Å². The molecule has 0 aromatic carbocycles. The molecule has 0 radical (unpaired) electrons. The lowest BCUT2D eigenvalue weighted by Gasteiger charge is -2.14. The Bertz CT molecular complexity index is 232. The average molecular weight is 236 g/mol. The maximum Gasteiger partial charge on any atom is 0.320 e. The van der Waals surface area contributed by atoms with Crippen LogP contribution in [-0.2, 0) is 4.79 Å². The molecule has 0 bridgehead atoms. The zero-order chi connectivity index (χ0) is 11.0. The molecule has 0 aromatic heterocycles. The van der Waals surface area contributed by atoms with Gasteiger partial charge in [0.05, 0.1) is 0 Å². The largest absolute Gasteiger partial charge is 0.480 e. The van der Waals surface area contributed by atoms with Gasteiger partial charge in [0.1, 0.15) is 6.04 Å². The van der Waals surface area contributed by atoms with E-state index in [-0.39, 0.29) is 11.8 Å². The number of rotatable bonds is 7. The third-order valence-electron chi connectivity index (χ3n) is 1.41. The van der Waals surface area contributed by atoms with Crippen LogP contribution in [0.2, 0.25) is 0 Å². The number of azide groups is 1. The normalized spacial score (nSPS) is 14.1. The number of carboxylic acid groups (broad SMARTS) is 1. The zero-order valence-electron chi connectivity index (χ0n) is 7.66. The molecule has 2 atom stereocenters. The second kappa shape index (κ2) is 7.81. The predicted molar refractivity (Wildman–Crippen MR) is 59.1 cm³/mol. The Labute approximate surface area is 89.6 Å². The molecule has 0 saturated carbocycles. The fourth-order valence-electron chi connectivity index (χ4n) is 0.792. The Hall–Kier alpha value is -0.560. The highest BCUT2D eigenvalue weighted by atomic mass is 33.1. The first-order chi connectivity index (χ1) is 6.61. The maximum atomic E-state index is 10.5. The van der Waals surface area contributed by atoms with Crippen LogP contribution in [0.3, 0.4) is 0 Å². The monoisotopic (exact) mass is 236 g/mol. The van der Waals surface area contributed by atoms with E-state index < -0.39 is 12.0 Å². The summed E-state index contributed by atoms with van der Waals surface area (Å²) in [6.45, 7) is 0.267. The van der Waals surface area contributed by atoms with E-state index in [0.717, 1.165) is 0 Å². The van der Waals surface area contributed by atoms with Crippen molar-refractivity contribution >= 4 is 27.6 Å². The number of aliphatic carboxylic acids is 1. The van der Waals surface area contributed by atoms with Crippen LogP contribution < -0.4 is 5.73 Å². The molecule has 0 spiro atoms. The van der Waals surface area contributed by atoms with Crippen LogP contribution in [0.5, 0.6) is 0 Å². The van der Waals surface area contributed by atoms with E-state index in [1.165, 1.54) is 21.6 Å². The quantitative estimate of drug-likeness (QED) is 0.301. The van der Waals surface area contributed by atoms with Crippen LogP contribution in [0.15, 0.2) is 5.11 Å². The number of nitrogens with zero attached hydrogens (tertiary/aromatic N) is 3. The number of carbonyl (C=O) groups is 1. The van der Waals surface area contributed by atoms with Crippen LogP contribution in [0, 0.1) is 0 Å². The Kier molecular flexibility index (Phi) is 7.50. The topological polar surface area (TPSA) is 112 Å². The van der Waals surface area contributed by atoms with Crippen molar-refractivity contribution in [2.45, 2.75) is 17.7 Å². The van der Waals surface area contributed by atoms with Crippen molar-refractivity contribution in [3.63, 3.8) is 0 Å². The molecule has 0 aliphatic rings. The SMILES string of the molecule is CSS[C@H](CN=[N+]=[N-])CC(N)C(=O)O. The van der Waals surface area contributed by atoms with Crippen LogP contribution in [-0.4, -0.2) is 35.2 Å². The van der Waals surface area contributed by atoms with Crippen LogP contribution in [0.25, 0.3) is 10.4 Å². The summed E-state index contributed by atoms with van der Waals surface area (Å²) in [6.07, 6.45) is 2.18. The molecule has 14 heavy (non-hydrogen) atoms. The lowest BCUT2D eigenvalue weighted by molar-refractivity contribution is -0.138. The van der Waals surface area contributed by atoms with E-state index in [2.05, 4.69) is 10.0 Å². The second-order valence-electron chi connectivity index (χ2n) is 2.48. The minimum absolute atomic E-state index is 0.0491. The fraction of sp³-hybridized carbons (Fsp3) is 0.833. The predicted octanol–water partition coefficient (Wildman–Crippen LogP) is 1.48. The van der Waals surface area contributed by atoms with Crippen LogP contribution >= 0.6 is 21.6 Å². The van der Waals surface area contributed by atoms with E-state index >= 15 is 0 Å². The molecule has 8 heteroatoms. The van der Waals surface area contributed by atoms with Crippen molar-refractivity contribution < 1.29 is 9.90 Å². The zero-order valence-corrected chi connectivity index (χ0v) is 9.29. The summed E-state index contributed by atoms with van der Waals surface area (Å²) in [4.78, 5) is 13.1. The molecule has 0 aliphatic heterocycles. The molecule has 0 rings (SSSR count). The number of nitrogens with two attached hydrogens (primary N) is 1. The summed E-state index contributed by atoms with van der Waals surface area (Å²) < 4.78 is 0. The molecule has 0 aromatic rings. The summed E-state index contributed by atoms with van der Waals surface area (Å²) in [6, 6.07) is -0.895. The molecule has 0 fully saturated rings. The van der Waals surface area contributed by atoms with E-state index in [1.807, 2.05) is 6.26 Å². The smallest absolute Gasteiger partial charge is 0.320 e.